The summed E-state index contributed by atoms with van der Waals surface area (Å²) in [5.41, 5.74) is -0.950. The minimum absolute atomic E-state index is 0.156. The highest BCUT2D eigenvalue weighted by molar-refractivity contribution is 5.76. The van der Waals surface area contributed by atoms with E-state index in [1.165, 1.54) is 0 Å². The summed E-state index contributed by atoms with van der Waals surface area (Å²) in [7, 11) is 3.48. The summed E-state index contributed by atoms with van der Waals surface area (Å²) in [5.74, 6) is -0.709. The third kappa shape index (κ3) is 1.66. The molecule has 0 heterocycles. The lowest BCUT2D eigenvalue weighted by Gasteiger charge is -2.41. The Labute approximate surface area is 91.2 Å². The molecule has 1 fully saturated rings. The highest BCUT2D eigenvalue weighted by atomic mass is 16.7. The fourth-order valence-corrected chi connectivity index (χ4v) is 2.62. The van der Waals surface area contributed by atoms with Crippen molar-refractivity contribution in [1.82, 2.24) is 5.06 Å². The standard InChI is InChI=1S/C11H21NO3/c1-10(2)8(12(4)15-5)6-7-11(10,3)9(13)14/h8H,6-7H2,1-5H3,(H,13,14)/t8-,11-/m1/s1. The SMILES string of the molecule is CON(C)[C@@H]1CC[C@](C)(C(=O)O)C1(C)C. The summed E-state index contributed by atoms with van der Waals surface area (Å²) in [6, 6.07) is 0.156. The average molecular weight is 215 g/mol. The molecule has 1 saturated carbocycles. The lowest BCUT2D eigenvalue weighted by atomic mass is 9.68. The minimum Gasteiger partial charge on any atom is -0.481 e. The Kier molecular flexibility index (Phi) is 3.12. The minimum atomic E-state index is -0.709. The Morgan fingerprint density at radius 2 is 2.00 bits per heavy atom. The van der Waals surface area contributed by atoms with E-state index >= 15 is 0 Å². The molecule has 1 N–H and O–H groups in total. The molecule has 0 amide bonds. The van der Waals surface area contributed by atoms with Gasteiger partial charge in [-0.1, -0.05) is 13.8 Å². The van der Waals surface area contributed by atoms with Gasteiger partial charge in [0.2, 0.25) is 0 Å². The quantitative estimate of drug-likeness (QED) is 0.729. The maximum Gasteiger partial charge on any atom is 0.309 e. The molecule has 0 saturated heterocycles. The second kappa shape index (κ2) is 3.76. The molecule has 0 aromatic heterocycles. The smallest absolute Gasteiger partial charge is 0.309 e. The summed E-state index contributed by atoms with van der Waals surface area (Å²) in [6.45, 7) is 5.85. The van der Waals surface area contributed by atoms with Crippen LogP contribution < -0.4 is 0 Å². The Balaban J connectivity index is 2.99. The molecule has 15 heavy (non-hydrogen) atoms. The first-order valence-corrected chi connectivity index (χ1v) is 5.27. The van der Waals surface area contributed by atoms with Crippen LogP contribution in [-0.2, 0) is 9.63 Å². The number of hydrogen-bond acceptors (Lipinski definition) is 3. The lowest BCUT2D eigenvalue weighted by Crippen LogP contribution is -2.48. The van der Waals surface area contributed by atoms with Crippen LogP contribution in [0.2, 0.25) is 0 Å². The number of carboxylic acid groups (broad SMARTS) is 1. The Hall–Kier alpha value is -0.610. The predicted molar refractivity (Wildman–Crippen MR) is 57.3 cm³/mol. The van der Waals surface area contributed by atoms with Gasteiger partial charge in [0.05, 0.1) is 12.5 Å². The van der Waals surface area contributed by atoms with E-state index in [1.807, 2.05) is 27.8 Å². The first-order chi connectivity index (χ1) is 6.77. The highest BCUT2D eigenvalue weighted by Crippen LogP contribution is 2.54. The highest BCUT2D eigenvalue weighted by Gasteiger charge is 2.57. The molecular weight excluding hydrogens is 194 g/mol. The van der Waals surface area contributed by atoms with Gasteiger partial charge in [0, 0.05) is 13.1 Å². The number of hydroxylamine groups is 2. The molecule has 4 nitrogen and oxygen atoms in total. The first-order valence-electron chi connectivity index (χ1n) is 5.27. The van der Waals surface area contributed by atoms with Crippen LogP contribution in [0.3, 0.4) is 0 Å². The number of hydrogen-bond donors (Lipinski definition) is 1. The third-order valence-electron chi connectivity index (χ3n) is 4.37. The van der Waals surface area contributed by atoms with Crippen LogP contribution in [0.1, 0.15) is 33.6 Å². The van der Waals surface area contributed by atoms with Crippen molar-refractivity contribution in [3.63, 3.8) is 0 Å². The normalized spacial score (nSPS) is 34.7. The first kappa shape index (κ1) is 12.5. The third-order valence-corrected chi connectivity index (χ3v) is 4.37. The van der Waals surface area contributed by atoms with Gasteiger partial charge in [0.1, 0.15) is 0 Å². The molecular formula is C11H21NO3. The summed E-state index contributed by atoms with van der Waals surface area (Å²) < 4.78 is 0. The van der Waals surface area contributed by atoms with Crippen LogP contribution in [0.15, 0.2) is 0 Å². The van der Waals surface area contributed by atoms with E-state index in [1.54, 1.807) is 12.2 Å². The van der Waals surface area contributed by atoms with Gasteiger partial charge in [0.15, 0.2) is 0 Å². The van der Waals surface area contributed by atoms with Gasteiger partial charge in [-0.3, -0.25) is 4.79 Å². The van der Waals surface area contributed by atoms with E-state index in [0.29, 0.717) is 6.42 Å². The van der Waals surface area contributed by atoms with Crippen molar-refractivity contribution in [3.05, 3.63) is 0 Å². The van der Waals surface area contributed by atoms with E-state index in [0.717, 1.165) is 6.42 Å². The zero-order valence-corrected chi connectivity index (χ0v) is 10.2. The second-order valence-corrected chi connectivity index (χ2v) is 5.14. The van der Waals surface area contributed by atoms with Crippen molar-refractivity contribution in [2.75, 3.05) is 14.2 Å². The van der Waals surface area contributed by atoms with Crippen LogP contribution in [0.25, 0.3) is 0 Å². The Morgan fingerprint density at radius 3 is 2.33 bits per heavy atom. The zero-order valence-electron chi connectivity index (χ0n) is 10.2. The van der Waals surface area contributed by atoms with E-state index in [4.69, 9.17) is 4.84 Å². The summed E-state index contributed by atoms with van der Waals surface area (Å²) >= 11 is 0. The molecule has 1 aliphatic rings. The fourth-order valence-electron chi connectivity index (χ4n) is 2.62. The van der Waals surface area contributed by atoms with Crippen LogP contribution in [0.5, 0.6) is 0 Å². The molecule has 0 unspecified atom stereocenters. The van der Waals surface area contributed by atoms with Crippen LogP contribution in [0, 0.1) is 10.8 Å². The topological polar surface area (TPSA) is 49.8 Å². The molecule has 1 rings (SSSR count). The Bertz CT molecular complexity index is 265. The number of carboxylic acids is 1. The largest absolute Gasteiger partial charge is 0.481 e. The molecule has 2 atom stereocenters. The maximum atomic E-state index is 11.3. The summed E-state index contributed by atoms with van der Waals surface area (Å²) in [4.78, 5) is 16.5. The zero-order chi connectivity index (χ0) is 11.9. The van der Waals surface area contributed by atoms with Crippen molar-refractivity contribution >= 4 is 5.97 Å². The molecule has 1 aliphatic carbocycles. The Morgan fingerprint density at radius 1 is 1.47 bits per heavy atom. The number of aliphatic carboxylic acids is 1. The van der Waals surface area contributed by atoms with E-state index in [9.17, 15) is 9.90 Å². The van der Waals surface area contributed by atoms with E-state index < -0.39 is 11.4 Å². The summed E-state index contributed by atoms with van der Waals surface area (Å²) in [6.07, 6.45) is 1.56. The molecule has 0 aromatic carbocycles. The van der Waals surface area contributed by atoms with Gasteiger partial charge in [-0.2, -0.15) is 5.06 Å². The van der Waals surface area contributed by atoms with Gasteiger partial charge < -0.3 is 9.94 Å². The molecule has 0 aliphatic heterocycles. The van der Waals surface area contributed by atoms with Crippen molar-refractivity contribution in [2.24, 2.45) is 10.8 Å². The number of nitrogens with zero attached hydrogens (tertiary/aromatic N) is 1. The monoisotopic (exact) mass is 215 g/mol. The number of rotatable bonds is 3. The summed E-state index contributed by atoms with van der Waals surface area (Å²) in [5, 5.41) is 11.1. The molecule has 0 bridgehead atoms. The van der Waals surface area contributed by atoms with Gasteiger partial charge in [-0.25, -0.2) is 0 Å². The molecule has 88 valence electrons. The maximum absolute atomic E-state index is 11.3. The molecule has 0 aromatic rings. The van der Waals surface area contributed by atoms with Crippen LogP contribution in [0.4, 0.5) is 0 Å². The van der Waals surface area contributed by atoms with Gasteiger partial charge in [-0.15, -0.1) is 0 Å². The van der Waals surface area contributed by atoms with Crippen molar-refractivity contribution in [2.45, 2.75) is 39.7 Å². The van der Waals surface area contributed by atoms with Crippen molar-refractivity contribution in [1.29, 1.82) is 0 Å². The molecule has 0 radical (unpaired) electrons. The van der Waals surface area contributed by atoms with Crippen molar-refractivity contribution in [3.8, 4) is 0 Å². The number of carbonyl (C=O) groups is 1. The average Bonchev–Trinajstić information content (AvgIpc) is 2.39. The fraction of sp³-hybridized carbons (Fsp3) is 0.909. The molecule has 0 spiro atoms. The van der Waals surface area contributed by atoms with Crippen molar-refractivity contribution < 1.29 is 14.7 Å². The second-order valence-electron chi connectivity index (χ2n) is 5.14. The lowest BCUT2D eigenvalue weighted by molar-refractivity contribution is -0.178. The molecule has 4 heteroatoms. The van der Waals surface area contributed by atoms with Gasteiger partial charge in [-0.05, 0) is 25.2 Å². The van der Waals surface area contributed by atoms with Gasteiger partial charge >= 0.3 is 5.97 Å². The van der Waals surface area contributed by atoms with Gasteiger partial charge in [0.25, 0.3) is 0 Å². The van der Waals surface area contributed by atoms with E-state index in [-0.39, 0.29) is 11.5 Å². The van der Waals surface area contributed by atoms with E-state index in [2.05, 4.69) is 0 Å². The van der Waals surface area contributed by atoms with Crippen LogP contribution >= 0.6 is 0 Å². The van der Waals surface area contributed by atoms with Crippen LogP contribution in [-0.4, -0.2) is 36.3 Å². The predicted octanol–water partition coefficient (Wildman–Crippen LogP) is 1.76.